The lowest BCUT2D eigenvalue weighted by atomic mass is 9.99. The molecule has 0 fully saturated rings. The Labute approximate surface area is 107 Å². The molecule has 2 heterocycles. The summed E-state index contributed by atoms with van der Waals surface area (Å²) in [7, 11) is 0. The van der Waals surface area contributed by atoms with Crippen LogP contribution >= 0.6 is 0 Å². The van der Waals surface area contributed by atoms with Crippen molar-refractivity contribution in [2.45, 2.75) is 26.3 Å². The predicted octanol–water partition coefficient (Wildman–Crippen LogP) is 1.92. The third kappa shape index (κ3) is 2.84. The number of hydrogen-bond acceptors (Lipinski definition) is 4. The van der Waals surface area contributed by atoms with Crippen LogP contribution in [0.1, 0.15) is 28.6 Å². The summed E-state index contributed by atoms with van der Waals surface area (Å²) in [5.74, 6) is 0. The maximum atomic E-state index is 6.22. The molecule has 0 aromatic carbocycles. The van der Waals surface area contributed by atoms with Crippen molar-refractivity contribution >= 4 is 5.69 Å². The molecule has 4 N–H and O–H groups in total. The predicted molar refractivity (Wildman–Crippen MR) is 73.0 cm³/mol. The summed E-state index contributed by atoms with van der Waals surface area (Å²) in [5.41, 5.74) is 16.9. The van der Waals surface area contributed by atoms with Crippen molar-refractivity contribution in [2.24, 2.45) is 5.73 Å². The first-order valence-corrected chi connectivity index (χ1v) is 5.95. The van der Waals surface area contributed by atoms with Gasteiger partial charge in [0, 0.05) is 35.5 Å². The van der Waals surface area contributed by atoms with E-state index in [1.54, 1.807) is 18.5 Å². The topological polar surface area (TPSA) is 77.8 Å². The smallest absolute Gasteiger partial charge is 0.0379 e. The van der Waals surface area contributed by atoms with Crippen LogP contribution in [0.3, 0.4) is 0 Å². The molecular weight excluding hydrogens is 224 g/mol. The minimum atomic E-state index is -0.0862. The van der Waals surface area contributed by atoms with E-state index in [2.05, 4.69) is 9.97 Å². The van der Waals surface area contributed by atoms with Crippen LogP contribution in [0.2, 0.25) is 0 Å². The number of rotatable bonds is 3. The molecule has 0 saturated carbocycles. The number of nitrogens with two attached hydrogens (primary N) is 2. The molecule has 4 nitrogen and oxygen atoms in total. The number of pyridine rings is 2. The second-order valence-corrected chi connectivity index (χ2v) is 4.57. The molecule has 2 aromatic rings. The summed E-state index contributed by atoms with van der Waals surface area (Å²) in [4.78, 5) is 8.43. The van der Waals surface area contributed by atoms with Crippen molar-refractivity contribution < 1.29 is 0 Å². The average Bonchev–Trinajstić information content (AvgIpc) is 2.31. The minimum Gasteiger partial charge on any atom is -0.398 e. The van der Waals surface area contributed by atoms with E-state index >= 15 is 0 Å². The minimum absolute atomic E-state index is 0.0862. The zero-order valence-corrected chi connectivity index (χ0v) is 10.7. The molecular formula is C14H18N4. The van der Waals surface area contributed by atoms with Gasteiger partial charge in [-0.1, -0.05) is 0 Å². The van der Waals surface area contributed by atoms with Crippen LogP contribution in [0, 0.1) is 13.8 Å². The largest absolute Gasteiger partial charge is 0.398 e. The molecule has 4 heteroatoms. The number of nitrogens with zero attached hydrogens (tertiary/aromatic N) is 2. The highest BCUT2D eigenvalue weighted by molar-refractivity contribution is 5.45. The van der Waals surface area contributed by atoms with Crippen molar-refractivity contribution in [2.75, 3.05) is 5.73 Å². The second-order valence-electron chi connectivity index (χ2n) is 4.57. The summed E-state index contributed by atoms with van der Waals surface area (Å²) in [6, 6.07) is 5.75. The molecule has 94 valence electrons. The fourth-order valence-electron chi connectivity index (χ4n) is 2.04. The average molecular weight is 242 g/mol. The molecule has 2 rings (SSSR count). The van der Waals surface area contributed by atoms with Gasteiger partial charge in [0.1, 0.15) is 0 Å². The van der Waals surface area contributed by atoms with E-state index in [1.165, 1.54) is 0 Å². The molecule has 0 aliphatic carbocycles. The fourth-order valence-corrected chi connectivity index (χ4v) is 2.04. The van der Waals surface area contributed by atoms with Crippen LogP contribution < -0.4 is 11.5 Å². The van der Waals surface area contributed by atoms with E-state index in [1.807, 2.05) is 26.0 Å². The van der Waals surface area contributed by atoms with E-state index in [4.69, 9.17) is 11.5 Å². The molecule has 0 bridgehead atoms. The lowest BCUT2D eigenvalue weighted by Crippen LogP contribution is -2.15. The Morgan fingerprint density at radius 2 is 1.89 bits per heavy atom. The van der Waals surface area contributed by atoms with Gasteiger partial charge >= 0.3 is 0 Å². The van der Waals surface area contributed by atoms with Gasteiger partial charge in [0.25, 0.3) is 0 Å². The Hall–Kier alpha value is -1.94. The van der Waals surface area contributed by atoms with Gasteiger partial charge in [0.2, 0.25) is 0 Å². The van der Waals surface area contributed by atoms with Gasteiger partial charge in [-0.2, -0.15) is 0 Å². The number of anilines is 1. The number of aromatic nitrogens is 2. The molecule has 0 radical (unpaired) electrons. The molecule has 1 atom stereocenters. The van der Waals surface area contributed by atoms with Crippen molar-refractivity contribution in [3.63, 3.8) is 0 Å². The maximum Gasteiger partial charge on any atom is 0.0379 e. The summed E-state index contributed by atoms with van der Waals surface area (Å²) in [6.45, 7) is 3.95. The molecule has 1 unspecified atom stereocenters. The maximum absolute atomic E-state index is 6.22. The first kappa shape index (κ1) is 12.5. The molecule has 0 saturated heterocycles. The van der Waals surface area contributed by atoms with Gasteiger partial charge in [-0.05, 0) is 49.6 Å². The zero-order chi connectivity index (χ0) is 13.1. The Balaban J connectivity index is 2.22. The van der Waals surface area contributed by atoms with Gasteiger partial charge in [-0.25, -0.2) is 0 Å². The Morgan fingerprint density at radius 3 is 2.50 bits per heavy atom. The number of aryl methyl sites for hydroxylation is 2. The first-order chi connectivity index (χ1) is 8.56. The molecule has 18 heavy (non-hydrogen) atoms. The second kappa shape index (κ2) is 5.14. The van der Waals surface area contributed by atoms with Crippen LogP contribution in [0.15, 0.2) is 30.6 Å². The van der Waals surface area contributed by atoms with Gasteiger partial charge in [0.05, 0.1) is 0 Å². The molecule has 0 aliphatic heterocycles. The molecule has 0 aliphatic rings. The summed E-state index contributed by atoms with van der Waals surface area (Å²) in [5, 5.41) is 0. The van der Waals surface area contributed by atoms with Crippen LogP contribution in [0.4, 0.5) is 5.69 Å². The van der Waals surface area contributed by atoms with E-state index in [0.717, 1.165) is 28.2 Å². The van der Waals surface area contributed by atoms with E-state index in [0.29, 0.717) is 6.42 Å². The summed E-state index contributed by atoms with van der Waals surface area (Å²) >= 11 is 0. The fraction of sp³-hybridized carbons (Fsp3) is 0.286. The van der Waals surface area contributed by atoms with Crippen molar-refractivity contribution in [1.82, 2.24) is 9.97 Å². The van der Waals surface area contributed by atoms with Crippen LogP contribution in [0.25, 0.3) is 0 Å². The number of hydrogen-bond donors (Lipinski definition) is 2. The summed E-state index contributed by atoms with van der Waals surface area (Å²) in [6.07, 6.45) is 4.14. The van der Waals surface area contributed by atoms with Crippen LogP contribution in [0.5, 0.6) is 0 Å². The Kier molecular flexibility index (Phi) is 3.58. The SMILES string of the molecule is Cc1cc(C(N)Cc2cnccc2N)cc(C)n1. The third-order valence-electron chi connectivity index (χ3n) is 2.91. The zero-order valence-electron chi connectivity index (χ0n) is 10.7. The van der Waals surface area contributed by atoms with Gasteiger partial charge in [-0.15, -0.1) is 0 Å². The molecule has 2 aromatic heterocycles. The van der Waals surface area contributed by atoms with E-state index in [-0.39, 0.29) is 6.04 Å². The van der Waals surface area contributed by atoms with Crippen molar-refractivity contribution in [3.8, 4) is 0 Å². The normalized spacial score (nSPS) is 12.4. The standard InChI is InChI=1S/C14H18N4/c1-9-5-11(6-10(2)18-9)14(16)7-12-8-17-4-3-13(12)15/h3-6,8,14H,7,16H2,1-2H3,(H2,15,17). The van der Waals surface area contributed by atoms with Gasteiger partial charge in [0.15, 0.2) is 0 Å². The lowest BCUT2D eigenvalue weighted by molar-refractivity contribution is 0.717. The quantitative estimate of drug-likeness (QED) is 0.862. The van der Waals surface area contributed by atoms with Gasteiger partial charge in [-0.3, -0.25) is 9.97 Å². The highest BCUT2D eigenvalue weighted by Gasteiger charge is 2.10. The Bertz CT molecular complexity index is 531. The van der Waals surface area contributed by atoms with Gasteiger partial charge < -0.3 is 11.5 Å². The van der Waals surface area contributed by atoms with Crippen LogP contribution in [-0.4, -0.2) is 9.97 Å². The highest BCUT2D eigenvalue weighted by atomic mass is 14.7. The molecule has 0 spiro atoms. The van der Waals surface area contributed by atoms with Crippen molar-refractivity contribution in [1.29, 1.82) is 0 Å². The summed E-state index contributed by atoms with van der Waals surface area (Å²) < 4.78 is 0. The Morgan fingerprint density at radius 1 is 1.22 bits per heavy atom. The third-order valence-corrected chi connectivity index (χ3v) is 2.91. The molecule has 0 amide bonds. The monoisotopic (exact) mass is 242 g/mol. The number of nitrogen functional groups attached to an aromatic ring is 1. The van der Waals surface area contributed by atoms with Crippen LogP contribution in [-0.2, 0) is 6.42 Å². The lowest BCUT2D eigenvalue weighted by Gasteiger charge is -2.14. The highest BCUT2D eigenvalue weighted by Crippen LogP contribution is 2.20. The van der Waals surface area contributed by atoms with E-state index in [9.17, 15) is 0 Å². The van der Waals surface area contributed by atoms with Crippen molar-refractivity contribution in [3.05, 3.63) is 53.1 Å². The van der Waals surface area contributed by atoms with E-state index < -0.39 is 0 Å². The first-order valence-electron chi connectivity index (χ1n) is 5.95.